The van der Waals surface area contributed by atoms with Crippen molar-refractivity contribution in [1.82, 2.24) is 20.4 Å². The van der Waals surface area contributed by atoms with Gasteiger partial charge in [-0.15, -0.1) is 0 Å². The summed E-state index contributed by atoms with van der Waals surface area (Å²) in [6.45, 7) is 16.6. The zero-order valence-corrected chi connectivity index (χ0v) is 19.7. The van der Waals surface area contributed by atoms with Gasteiger partial charge >= 0.3 is 0 Å². The Morgan fingerprint density at radius 2 is 1.83 bits per heavy atom. The van der Waals surface area contributed by atoms with Crippen LogP contribution in [0.5, 0.6) is 0 Å². The van der Waals surface area contributed by atoms with E-state index in [1.54, 1.807) is 0 Å². The molecule has 2 N–H and O–H groups in total. The molecule has 2 aliphatic rings. The van der Waals surface area contributed by atoms with Crippen LogP contribution >= 0.6 is 0 Å². The second kappa shape index (κ2) is 11.7. The van der Waals surface area contributed by atoms with E-state index in [-0.39, 0.29) is 0 Å². The number of hydrogen-bond acceptors (Lipinski definition) is 3. The Kier molecular flexibility index (Phi) is 9.01. The molecule has 2 saturated heterocycles. The Hall–Kier alpha value is -1.59. The van der Waals surface area contributed by atoms with Crippen molar-refractivity contribution in [2.45, 2.75) is 78.6 Å². The maximum Gasteiger partial charge on any atom is 0.191 e. The average molecular weight is 414 g/mol. The minimum absolute atomic E-state index is 0.517. The van der Waals surface area contributed by atoms with Crippen molar-refractivity contribution in [2.75, 3.05) is 32.7 Å². The van der Waals surface area contributed by atoms with Gasteiger partial charge in [0.25, 0.3) is 0 Å². The van der Waals surface area contributed by atoms with E-state index in [9.17, 15) is 0 Å². The number of aliphatic imine (C=N–C) groups is 1. The summed E-state index contributed by atoms with van der Waals surface area (Å²) in [4.78, 5) is 10.1. The molecule has 0 saturated carbocycles. The molecule has 30 heavy (non-hydrogen) atoms. The van der Waals surface area contributed by atoms with Crippen molar-refractivity contribution in [1.29, 1.82) is 0 Å². The highest BCUT2D eigenvalue weighted by Crippen LogP contribution is 2.20. The lowest BCUT2D eigenvalue weighted by Crippen LogP contribution is -2.49. The van der Waals surface area contributed by atoms with Crippen LogP contribution in [0.4, 0.5) is 0 Å². The van der Waals surface area contributed by atoms with E-state index in [4.69, 9.17) is 4.99 Å². The number of nitrogens with zero attached hydrogens (tertiary/aromatic N) is 3. The summed E-state index contributed by atoms with van der Waals surface area (Å²) in [5.41, 5.74) is 2.78. The van der Waals surface area contributed by atoms with E-state index >= 15 is 0 Å². The molecule has 0 aliphatic carbocycles. The number of nitrogens with one attached hydrogen (secondary N) is 2. The highest BCUT2D eigenvalue weighted by Gasteiger charge is 2.21. The van der Waals surface area contributed by atoms with Gasteiger partial charge in [0.15, 0.2) is 5.96 Å². The lowest BCUT2D eigenvalue weighted by molar-refractivity contribution is 0.167. The van der Waals surface area contributed by atoms with E-state index in [1.807, 2.05) is 0 Å². The normalized spacial score (nSPS) is 22.4. The van der Waals surface area contributed by atoms with Crippen molar-refractivity contribution >= 4 is 5.96 Å². The van der Waals surface area contributed by atoms with Crippen LogP contribution < -0.4 is 10.6 Å². The third-order valence-electron chi connectivity index (χ3n) is 6.61. The van der Waals surface area contributed by atoms with Crippen LogP contribution in [0.3, 0.4) is 0 Å². The van der Waals surface area contributed by atoms with Gasteiger partial charge in [-0.05, 0) is 70.0 Å². The molecule has 1 atom stereocenters. The van der Waals surface area contributed by atoms with Crippen LogP contribution in [-0.4, -0.2) is 60.6 Å². The molecule has 0 radical (unpaired) electrons. The zero-order valence-electron chi connectivity index (χ0n) is 19.7. The van der Waals surface area contributed by atoms with Gasteiger partial charge in [-0.2, -0.15) is 0 Å². The van der Waals surface area contributed by atoms with Crippen LogP contribution in [0, 0.1) is 5.92 Å². The van der Waals surface area contributed by atoms with Crippen molar-refractivity contribution in [3.8, 4) is 0 Å². The second-order valence-electron chi connectivity index (χ2n) is 9.49. The first-order valence-corrected chi connectivity index (χ1v) is 12.1. The highest BCUT2D eigenvalue weighted by molar-refractivity contribution is 5.80. The Morgan fingerprint density at radius 1 is 1.10 bits per heavy atom. The first-order chi connectivity index (χ1) is 14.5. The Bertz CT molecular complexity index is 663. The highest BCUT2D eigenvalue weighted by atomic mass is 15.2. The molecule has 0 amide bonds. The van der Waals surface area contributed by atoms with Crippen molar-refractivity contribution in [2.24, 2.45) is 10.9 Å². The molecule has 5 nitrogen and oxygen atoms in total. The van der Waals surface area contributed by atoms with Gasteiger partial charge in [0.1, 0.15) is 0 Å². The van der Waals surface area contributed by atoms with Crippen molar-refractivity contribution < 1.29 is 0 Å². The first kappa shape index (κ1) is 23.1. The second-order valence-corrected chi connectivity index (χ2v) is 9.49. The largest absolute Gasteiger partial charge is 0.357 e. The third-order valence-corrected chi connectivity index (χ3v) is 6.61. The summed E-state index contributed by atoms with van der Waals surface area (Å²) in [6.07, 6.45) is 5.07. The quantitative estimate of drug-likeness (QED) is 0.526. The average Bonchev–Trinajstić information content (AvgIpc) is 2.73. The number of benzene rings is 1. The summed E-state index contributed by atoms with van der Waals surface area (Å²) in [7, 11) is 0. The zero-order chi connectivity index (χ0) is 21.3. The molecule has 1 aromatic rings. The van der Waals surface area contributed by atoms with Crippen LogP contribution in [-0.2, 0) is 13.1 Å². The Labute approximate surface area is 184 Å². The first-order valence-electron chi connectivity index (χ1n) is 12.1. The van der Waals surface area contributed by atoms with E-state index in [0.717, 1.165) is 31.5 Å². The maximum absolute atomic E-state index is 4.96. The van der Waals surface area contributed by atoms with Crippen LogP contribution in [0.15, 0.2) is 29.3 Å². The molecule has 5 heteroatoms. The number of piperidine rings is 2. The van der Waals surface area contributed by atoms with E-state index in [0.29, 0.717) is 12.1 Å². The molecule has 2 heterocycles. The van der Waals surface area contributed by atoms with Crippen molar-refractivity contribution in [3.05, 3.63) is 35.4 Å². The van der Waals surface area contributed by atoms with Crippen LogP contribution in [0.2, 0.25) is 0 Å². The lowest BCUT2D eigenvalue weighted by atomic mass is 9.99. The predicted molar refractivity (Wildman–Crippen MR) is 128 cm³/mol. The van der Waals surface area contributed by atoms with E-state index < -0.39 is 0 Å². The minimum atomic E-state index is 0.517. The Morgan fingerprint density at radius 3 is 2.50 bits per heavy atom. The van der Waals surface area contributed by atoms with Crippen LogP contribution in [0.1, 0.15) is 64.5 Å². The summed E-state index contributed by atoms with van der Waals surface area (Å²) >= 11 is 0. The number of hydrogen-bond donors (Lipinski definition) is 2. The summed E-state index contributed by atoms with van der Waals surface area (Å²) in [5.74, 6) is 1.78. The van der Waals surface area contributed by atoms with Gasteiger partial charge in [-0.1, -0.05) is 31.2 Å². The number of likely N-dealkylation sites (tertiary alicyclic amines) is 2. The Balaban J connectivity index is 1.59. The molecule has 1 unspecified atom stereocenters. The molecule has 3 rings (SSSR count). The summed E-state index contributed by atoms with van der Waals surface area (Å²) < 4.78 is 0. The monoisotopic (exact) mass is 413 g/mol. The fourth-order valence-electron chi connectivity index (χ4n) is 4.78. The third kappa shape index (κ3) is 6.98. The number of guanidine groups is 1. The molecule has 1 aromatic carbocycles. The fraction of sp³-hybridized carbons (Fsp3) is 0.720. The van der Waals surface area contributed by atoms with Gasteiger partial charge < -0.3 is 15.5 Å². The SMILES string of the molecule is CCNC(=NCc1ccccc1CN1CCCC(C)C1)NC1CCN(C(C)C)CC1. The molecule has 0 bridgehead atoms. The van der Waals surface area contributed by atoms with Gasteiger partial charge in [0.05, 0.1) is 6.54 Å². The topological polar surface area (TPSA) is 42.9 Å². The molecular weight excluding hydrogens is 370 g/mol. The fourth-order valence-corrected chi connectivity index (χ4v) is 4.78. The van der Waals surface area contributed by atoms with E-state index in [2.05, 4.69) is 72.4 Å². The molecule has 2 fully saturated rings. The lowest BCUT2D eigenvalue weighted by Gasteiger charge is -2.35. The van der Waals surface area contributed by atoms with Gasteiger partial charge in [-0.25, -0.2) is 4.99 Å². The minimum Gasteiger partial charge on any atom is -0.357 e. The summed E-state index contributed by atoms with van der Waals surface area (Å²) in [6, 6.07) is 10.0. The molecule has 0 spiro atoms. The molecular formula is C25H43N5. The maximum atomic E-state index is 4.96. The smallest absolute Gasteiger partial charge is 0.191 e. The van der Waals surface area contributed by atoms with Gasteiger partial charge in [0, 0.05) is 44.8 Å². The predicted octanol–water partition coefficient (Wildman–Crippen LogP) is 3.85. The molecule has 168 valence electrons. The number of rotatable bonds is 7. The van der Waals surface area contributed by atoms with Gasteiger partial charge in [0.2, 0.25) is 0 Å². The summed E-state index contributed by atoms with van der Waals surface area (Å²) in [5, 5.41) is 7.15. The molecule has 2 aliphatic heterocycles. The van der Waals surface area contributed by atoms with Crippen molar-refractivity contribution in [3.63, 3.8) is 0 Å². The standard InChI is InChI=1S/C25H43N5/c1-5-26-25(28-24-12-15-30(16-13-24)20(2)3)27-17-22-10-6-7-11-23(22)19-29-14-8-9-21(4)18-29/h6-7,10-11,20-21,24H,5,8-9,12-19H2,1-4H3,(H2,26,27,28). The van der Waals surface area contributed by atoms with Gasteiger partial charge in [-0.3, -0.25) is 4.90 Å². The molecule has 0 aromatic heterocycles. The van der Waals surface area contributed by atoms with E-state index in [1.165, 1.54) is 63.0 Å². The van der Waals surface area contributed by atoms with Crippen LogP contribution in [0.25, 0.3) is 0 Å².